The zero-order valence-corrected chi connectivity index (χ0v) is 12.6. The minimum absolute atomic E-state index is 0.0595. The summed E-state index contributed by atoms with van der Waals surface area (Å²) in [5.74, 6) is 1.56. The predicted molar refractivity (Wildman–Crippen MR) is 86.8 cm³/mol. The van der Waals surface area contributed by atoms with Gasteiger partial charge in [0.25, 0.3) is 0 Å². The number of carbonyl (C=O) groups excluding carboxylic acids is 1. The van der Waals surface area contributed by atoms with Crippen molar-refractivity contribution < 1.29 is 4.79 Å². The molecule has 1 aromatic heterocycles. The highest BCUT2D eigenvalue weighted by Crippen LogP contribution is 2.29. The second kappa shape index (κ2) is 6.30. The molecule has 1 saturated heterocycles. The Balaban J connectivity index is 1.92. The molecule has 0 saturated carbocycles. The number of amides is 1. The summed E-state index contributed by atoms with van der Waals surface area (Å²) in [6, 6.07) is 7.75. The predicted octanol–water partition coefficient (Wildman–Crippen LogP) is 1.64. The highest BCUT2D eigenvalue weighted by Gasteiger charge is 2.32. The lowest BCUT2D eigenvalue weighted by Gasteiger charge is -2.25. The van der Waals surface area contributed by atoms with Gasteiger partial charge in [-0.1, -0.05) is 12.1 Å². The first-order valence-corrected chi connectivity index (χ1v) is 7.79. The standard InChI is InChI=1S/C15H18N4OS/c20-15(16-7-9-21)13-6-3-8-19(13)14-11-4-1-2-5-12(11)17-10-18-14/h1-2,4-5,10,13,21H,3,6-9H2,(H,16,20). The molecule has 110 valence electrons. The first kappa shape index (κ1) is 14.1. The molecule has 1 amide bonds. The average Bonchev–Trinajstić information content (AvgIpc) is 3.01. The van der Waals surface area contributed by atoms with Gasteiger partial charge in [0.15, 0.2) is 0 Å². The summed E-state index contributed by atoms with van der Waals surface area (Å²) in [6.45, 7) is 1.44. The van der Waals surface area contributed by atoms with Crippen LogP contribution < -0.4 is 10.2 Å². The Morgan fingerprint density at radius 3 is 3.10 bits per heavy atom. The van der Waals surface area contributed by atoms with Crippen molar-refractivity contribution >= 4 is 35.3 Å². The van der Waals surface area contributed by atoms with E-state index < -0.39 is 0 Å². The number of carbonyl (C=O) groups is 1. The molecule has 1 aliphatic heterocycles. The van der Waals surface area contributed by atoms with Crippen LogP contribution in [0.3, 0.4) is 0 Å². The van der Waals surface area contributed by atoms with E-state index in [1.807, 2.05) is 24.3 Å². The van der Waals surface area contributed by atoms with Crippen LogP contribution in [-0.2, 0) is 4.79 Å². The molecule has 2 heterocycles. The zero-order chi connectivity index (χ0) is 14.7. The quantitative estimate of drug-likeness (QED) is 0.843. The normalized spacial score (nSPS) is 18.1. The Bertz CT molecular complexity index is 643. The number of aromatic nitrogens is 2. The number of hydrogen-bond acceptors (Lipinski definition) is 5. The summed E-state index contributed by atoms with van der Waals surface area (Å²) in [5, 5.41) is 3.92. The molecule has 1 N–H and O–H groups in total. The van der Waals surface area contributed by atoms with Crippen molar-refractivity contribution in [1.82, 2.24) is 15.3 Å². The third kappa shape index (κ3) is 2.81. The molecule has 1 unspecified atom stereocenters. The number of benzene rings is 1. The Hall–Kier alpha value is -1.82. The van der Waals surface area contributed by atoms with Crippen LogP contribution in [0, 0.1) is 0 Å². The summed E-state index contributed by atoms with van der Waals surface area (Å²) in [4.78, 5) is 23.1. The lowest BCUT2D eigenvalue weighted by molar-refractivity contribution is -0.122. The smallest absolute Gasteiger partial charge is 0.242 e. The Morgan fingerprint density at radius 1 is 1.38 bits per heavy atom. The monoisotopic (exact) mass is 302 g/mol. The summed E-state index contributed by atoms with van der Waals surface area (Å²) in [6.07, 6.45) is 3.42. The molecule has 21 heavy (non-hydrogen) atoms. The van der Waals surface area contributed by atoms with E-state index in [0.29, 0.717) is 12.3 Å². The lowest BCUT2D eigenvalue weighted by atomic mass is 10.2. The van der Waals surface area contributed by atoms with Gasteiger partial charge in [0.05, 0.1) is 5.52 Å². The van der Waals surface area contributed by atoms with Crippen molar-refractivity contribution in [1.29, 1.82) is 0 Å². The highest BCUT2D eigenvalue weighted by molar-refractivity contribution is 7.80. The molecule has 1 aromatic carbocycles. The fraction of sp³-hybridized carbons (Fsp3) is 0.400. The van der Waals surface area contributed by atoms with E-state index >= 15 is 0 Å². The summed E-state index contributed by atoms with van der Waals surface area (Å²) < 4.78 is 0. The average molecular weight is 302 g/mol. The number of para-hydroxylation sites is 1. The molecule has 0 spiro atoms. The second-order valence-electron chi connectivity index (χ2n) is 5.08. The van der Waals surface area contributed by atoms with Gasteiger partial charge >= 0.3 is 0 Å². The Labute approximate surface area is 129 Å². The van der Waals surface area contributed by atoms with Crippen LogP contribution in [0.4, 0.5) is 5.82 Å². The van der Waals surface area contributed by atoms with Crippen molar-refractivity contribution in [2.75, 3.05) is 23.7 Å². The molecule has 6 heteroatoms. The van der Waals surface area contributed by atoms with Gasteiger partial charge in [0.1, 0.15) is 18.2 Å². The number of nitrogens with one attached hydrogen (secondary N) is 1. The fourth-order valence-corrected chi connectivity index (χ4v) is 2.92. The van der Waals surface area contributed by atoms with Crippen LogP contribution >= 0.6 is 12.6 Å². The van der Waals surface area contributed by atoms with Gasteiger partial charge in [-0.15, -0.1) is 0 Å². The van der Waals surface area contributed by atoms with Crippen molar-refractivity contribution in [2.45, 2.75) is 18.9 Å². The maximum Gasteiger partial charge on any atom is 0.242 e. The second-order valence-corrected chi connectivity index (χ2v) is 5.53. The third-order valence-corrected chi connectivity index (χ3v) is 3.98. The summed E-state index contributed by atoms with van der Waals surface area (Å²) in [7, 11) is 0. The molecule has 1 fully saturated rings. The van der Waals surface area contributed by atoms with Gasteiger partial charge < -0.3 is 10.2 Å². The molecule has 2 aromatic rings. The number of thiol groups is 1. The molecule has 1 aliphatic rings. The van der Waals surface area contributed by atoms with Crippen LogP contribution in [0.15, 0.2) is 30.6 Å². The maximum atomic E-state index is 12.3. The molecule has 3 rings (SSSR count). The molecule has 0 aliphatic carbocycles. The fourth-order valence-electron chi connectivity index (χ4n) is 2.81. The minimum Gasteiger partial charge on any atom is -0.353 e. The minimum atomic E-state index is -0.150. The Kier molecular flexibility index (Phi) is 4.24. The molecular formula is C15H18N4OS. The molecule has 1 atom stereocenters. The maximum absolute atomic E-state index is 12.3. The van der Waals surface area contributed by atoms with Gasteiger partial charge in [0.2, 0.25) is 5.91 Å². The van der Waals surface area contributed by atoms with Crippen molar-refractivity contribution in [3.63, 3.8) is 0 Å². The summed E-state index contributed by atoms with van der Waals surface area (Å²) in [5.41, 5.74) is 0.906. The van der Waals surface area contributed by atoms with E-state index in [9.17, 15) is 4.79 Å². The van der Waals surface area contributed by atoms with E-state index in [0.717, 1.165) is 36.1 Å². The van der Waals surface area contributed by atoms with Crippen LogP contribution in [-0.4, -0.2) is 40.8 Å². The first-order valence-electron chi connectivity index (χ1n) is 7.16. The van der Waals surface area contributed by atoms with Crippen LogP contribution in [0.2, 0.25) is 0 Å². The lowest BCUT2D eigenvalue weighted by Crippen LogP contribution is -2.44. The van der Waals surface area contributed by atoms with Gasteiger partial charge in [-0.05, 0) is 25.0 Å². The number of fused-ring (bicyclic) bond motifs is 1. The van der Waals surface area contributed by atoms with E-state index in [4.69, 9.17) is 0 Å². The van der Waals surface area contributed by atoms with Gasteiger partial charge in [-0.2, -0.15) is 12.6 Å². The van der Waals surface area contributed by atoms with Gasteiger partial charge in [-0.25, -0.2) is 9.97 Å². The first-order chi connectivity index (χ1) is 10.3. The van der Waals surface area contributed by atoms with E-state index in [1.54, 1.807) is 6.33 Å². The van der Waals surface area contributed by atoms with Crippen LogP contribution in [0.5, 0.6) is 0 Å². The van der Waals surface area contributed by atoms with E-state index in [1.165, 1.54) is 0 Å². The van der Waals surface area contributed by atoms with Crippen LogP contribution in [0.25, 0.3) is 10.9 Å². The van der Waals surface area contributed by atoms with Crippen molar-refractivity contribution in [3.05, 3.63) is 30.6 Å². The largest absolute Gasteiger partial charge is 0.353 e. The third-order valence-electron chi connectivity index (χ3n) is 3.76. The topological polar surface area (TPSA) is 58.1 Å². The van der Waals surface area contributed by atoms with E-state index in [-0.39, 0.29) is 11.9 Å². The molecular weight excluding hydrogens is 284 g/mol. The van der Waals surface area contributed by atoms with E-state index in [2.05, 4.69) is 32.8 Å². The van der Waals surface area contributed by atoms with Crippen LogP contribution in [0.1, 0.15) is 12.8 Å². The number of rotatable bonds is 4. The Morgan fingerprint density at radius 2 is 2.24 bits per heavy atom. The summed E-state index contributed by atoms with van der Waals surface area (Å²) >= 11 is 4.13. The van der Waals surface area contributed by atoms with Gasteiger partial charge in [0, 0.05) is 24.2 Å². The highest BCUT2D eigenvalue weighted by atomic mass is 32.1. The van der Waals surface area contributed by atoms with Crippen molar-refractivity contribution in [2.24, 2.45) is 0 Å². The number of anilines is 1. The number of nitrogens with zero attached hydrogens (tertiary/aromatic N) is 3. The van der Waals surface area contributed by atoms with Crippen molar-refractivity contribution in [3.8, 4) is 0 Å². The molecule has 0 radical (unpaired) electrons. The number of hydrogen-bond donors (Lipinski definition) is 2. The zero-order valence-electron chi connectivity index (χ0n) is 11.7. The molecule has 0 bridgehead atoms. The SMILES string of the molecule is O=C(NCCS)C1CCCN1c1ncnc2ccccc12. The van der Waals surface area contributed by atoms with Gasteiger partial charge in [-0.3, -0.25) is 4.79 Å². The molecule has 5 nitrogen and oxygen atoms in total.